The average molecular weight is 530 g/mol. The second-order valence-corrected chi connectivity index (χ2v) is 16.2. The Morgan fingerprint density at radius 1 is 1.25 bits per heavy atom. The van der Waals surface area contributed by atoms with Crippen LogP contribution in [0.25, 0.3) is 0 Å². The molecule has 3 saturated heterocycles. The summed E-state index contributed by atoms with van der Waals surface area (Å²) in [7, 11) is -2.82. The van der Waals surface area contributed by atoms with Gasteiger partial charge in [-0.3, -0.25) is 4.21 Å². The Kier molecular flexibility index (Phi) is 5.12. The van der Waals surface area contributed by atoms with Gasteiger partial charge in [-0.15, -0.1) is 0 Å². The number of likely N-dealkylation sites (tertiary alicyclic amines) is 1. The van der Waals surface area contributed by atoms with E-state index in [-0.39, 0.29) is 29.2 Å². The van der Waals surface area contributed by atoms with Gasteiger partial charge < -0.3 is 19.5 Å². The van der Waals surface area contributed by atoms with Gasteiger partial charge in [-0.05, 0) is 49.1 Å². The zero-order valence-electron chi connectivity index (χ0n) is 20.5. The van der Waals surface area contributed by atoms with E-state index >= 15 is 0 Å². The first kappa shape index (κ1) is 24.7. The van der Waals surface area contributed by atoms with Gasteiger partial charge in [-0.1, -0.05) is 40.6 Å². The molecule has 200 valence electrons. The van der Waals surface area contributed by atoms with Crippen molar-refractivity contribution in [3.05, 3.63) is 30.3 Å². The number of nitrogens with zero attached hydrogens (tertiary/aromatic N) is 1. The number of aliphatic hydroxyl groups excluding tert-OH is 1. The standard InChI is InChI=1S/C26H34F3NO5S/c1-2-8-25-20(21(25)36(33,13-14-36)18-6-4-3-5-7-18)24(25)16-23(34-17-24)9-11-30(12-10-23)22(32)35-19(15-31)26(27,28)29/h3-7,19-21,31H,2,8-17H2,1H3/t19-,20?,21?,24?,25?/m1/s1. The third-order valence-corrected chi connectivity index (χ3v) is 14.9. The first-order valence-electron chi connectivity index (χ1n) is 12.9. The highest BCUT2D eigenvalue weighted by Gasteiger charge is 3.00. The second kappa shape index (κ2) is 7.47. The van der Waals surface area contributed by atoms with Gasteiger partial charge in [-0.25, -0.2) is 4.79 Å². The van der Waals surface area contributed by atoms with Gasteiger partial charge in [0.25, 0.3) is 0 Å². The Hall–Kier alpha value is -1.65. The molecule has 1 aromatic carbocycles. The van der Waals surface area contributed by atoms with E-state index in [1.807, 2.05) is 30.3 Å². The van der Waals surface area contributed by atoms with Crippen LogP contribution >= 0.6 is 0 Å². The summed E-state index contributed by atoms with van der Waals surface area (Å²) in [6, 6.07) is 10.00. The molecule has 36 heavy (non-hydrogen) atoms. The number of alkyl halides is 3. The van der Waals surface area contributed by atoms with Crippen LogP contribution in [0.2, 0.25) is 0 Å². The SMILES string of the molecule is CCCC12C(C1S1(=O)(c3ccccc3)CC1)C21COC2(CCN(C(=O)O[C@H](CO)C(F)(F)F)CC2)C1. The van der Waals surface area contributed by atoms with Crippen LogP contribution in [0.5, 0.6) is 0 Å². The molecule has 6 rings (SSSR count). The van der Waals surface area contributed by atoms with Crippen LogP contribution in [0.3, 0.4) is 0 Å². The van der Waals surface area contributed by atoms with E-state index in [0.29, 0.717) is 25.4 Å². The highest BCUT2D eigenvalue weighted by atomic mass is 32.3. The Bertz CT molecular complexity index is 1130. The van der Waals surface area contributed by atoms with E-state index in [9.17, 15) is 22.2 Å². The normalized spacial score (nSPS) is 38.6. The second-order valence-electron chi connectivity index (χ2n) is 11.7. The number of fused-ring (bicyclic) bond motifs is 3. The molecule has 5 fully saturated rings. The Morgan fingerprint density at radius 2 is 1.92 bits per heavy atom. The largest absolute Gasteiger partial charge is 0.434 e. The minimum atomic E-state index is -4.81. The van der Waals surface area contributed by atoms with Gasteiger partial charge in [0.1, 0.15) is 0 Å². The molecule has 2 saturated carbocycles. The van der Waals surface area contributed by atoms with Crippen LogP contribution in [0.4, 0.5) is 18.0 Å². The van der Waals surface area contributed by atoms with Crippen molar-refractivity contribution in [2.75, 3.05) is 37.8 Å². The van der Waals surface area contributed by atoms with Crippen LogP contribution in [0.1, 0.15) is 39.0 Å². The quantitative estimate of drug-likeness (QED) is 0.565. The van der Waals surface area contributed by atoms with Gasteiger partial charge in [0.15, 0.2) is 0 Å². The molecular formula is C26H34F3NO5S. The molecular weight excluding hydrogens is 495 g/mol. The number of piperidine rings is 1. The Labute approximate surface area is 208 Å². The van der Waals surface area contributed by atoms with E-state index in [4.69, 9.17) is 9.84 Å². The molecule has 1 aromatic rings. The summed E-state index contributed by atoms with van der Waals surface area (Å²) >= 11 is 0. The van der Waals surface area contributed by atoms with E-state index < -0.39 is 39.6 Å². The minimum Gasteiger partial charge on any atom is -0.434 e. The van der Waals surface area contributed by atoms with Gasteiger partial charge in [0, 0.05) is 40.2 Å². The van der Waals surface area contributed by atoms with E-state index in [2.05, 4.69) is 11.7 Å². The predicted molar refractivity (Wildman–Crippen MR) is 127 cm³/mol. The van der Waals surface area contributed by atoms with Gasteiger partial charge in [-0.2, -0.15) is 13.2 Å². The molecule has 10 heteroatoms. The lowest BCUT2D eigenvalue weighted by Crippen LogP contribution is -2.49. The monoisotopic (exact) mass is 529 g/mol. The number of ether oxygens (including phenoxy) is 2. The zero-order chi connectivity index (χ0) is 25.6. The van der Waals surface area contributed by atoms with E-state index in [1.165, 1.54) is 4.90 Å². The van der Waals surface area contributed by atoms with Crippen molar-refractivity contribution in [3.8, 4) is 0 Å². The van der Waals surface area contributed by atoms with Gasteiger partial charge in [0.05, 0.1) is 18.8 Å². The number of carbonyl (C=O) groups is 1. The number of carbonyl (C=O) groups excluding carboxylic acids is 1. The zero-order valence-corrected chi connectivity index (χ0v) is 21.3. The molecule has 2 spiro atoms. The van der Waals surface area contributed by atoms with Crippen molar-refractivity contribution in [2.24, 2.45) is 16.7 Å². The highest BCUT2D eigenvalue weighted by molar-refractivity contribution is 8.26. The molecule has 3 heterocycles. The maximum atomic E-state index is 14.6. The Balaban J connectivity index is 1.13. The molecule has 3 aliphatic heterocycles. The van der Waals surface area contributed by atoms with E-state index in [1.54, 1.807) is 0 Å². The molecule has 5 atom stereocenters. The lowest BCUT2D eigenvalue weighted by molar-refractivity contribution is -0.215. The number of benzene rings is 1. The fourth-order valence-corrected chi connectivity index (χ4v) is 13.8. The molecule has 1 amide bonds. The number of halogens is 3. The number of aliphatic hydroxyl groups is 1. The number of amides is 1. The van der Waals surface area contributed by atoms with Crippen molar-refractivity contribution in [1.29, 1.82) is 0 Å². The van der Waals surface area contributed by atoms with Crippen LogP contribution in [-0.2, 0) is 18.5 Å². The van der Waals surface area contributed by atoms with Crippen molar-refractivity contribution < 1.29 is 36.8 Å². The van der Waals surface area contributed by atoms with Crippen molar-refractivity contribution in [2.45, 2.75) is 67.1 Å². The summed E-state index contributed by atoms with van der Waals surface area (Å²) < 4.78 is 64.2. The van der Waals surface area contributed by atoms with Crippen LogP contribution in [-0.4, -0.2) is 81.2 Å². The van der Waals surface area contributed by atoms with E-state index in [0.717, 1.165) is 35.7 Å². The predicted octanol–water partition coefficient (Wildman–Crippen LogP) is 3.98. The summed E-state index contributed by atoms with van der Waals surface area (Å²) in [6.07, 6.45) is -4.36. The van der Waals surface area contributed by atoms with Crippen LogP contribution in [0, 0.1) is 16.7 Å². The third kappa shape index (κ3) is 3.10. The molecule has 1 N–H and O–H groups in total. The van der Waals surface area contributed by atoms with Crippen LogP contribution in [0.15, 0.2) is 35.2 Å². The highest BCUT2D eigenvalue weighted by Crippen LogP contribution is 2.98. The van der Waals surface area contributed by atoms with Crippen molar-refractivity contribution >= 4 is 15.2 Å². The first-order valence-corrected chi connectivity index (χ1v) is 15.3. The van der Waals surface area contributed by atoms with Crippen molar-refractivity contribution in [3.63, 3.8) is 0 Å². The molecule has 0 bridgehead atoms. The maximum absolute atomic E-state index is 14.6. The summed E-state index contributed by atoms with van der Waals surface area (Å²) in [4.78, 5) is 14.6. The van der Waals surface area contributed by atoms with Gasteiger partial charge >= 0.3 is 12.3 Å². The van der Waals surface area contributed by atoms with Crippen LogP contribution < -0.4 is 0 Å². The average Bonchev–Trinajstić information content (AvgIpc) is 3.79. The third-order valence-electron chi connectivity index (χ3n) is 10.0. The summed E-state index contributed by atoms with van der Waals surface area (Å²) in [5.41, 5.74) is -0.290. The van der Waals surface area contributed by atoms with Crippen molar-refractivity contribution in [1.82, 2.24) is 4.90 Å². The first-order chi connectivity index (χ1) is 17.0. The van der Waals surface area contributed by atoms with Gasteiger partial charge in [0.2, 0.25) is 6.10 Å². The summed E-state index contributed by atoms with van der Waals surface area (Å²) in [6.45, 7) is 2.03. The molecule has 6 nitrogen and oxygen atoms in total. The number of hydrogen-bond donors (Lipinski definition) is 1. The molecule has 4 unspecified atom stereocenters. The Morgan fingerprint density at radius 3 is 2.47 bits per heavy atom. The summed E-state index contributed by atoms with van der Waals surface area (Å²) in [5, 5.41) is 9.20. The number of hydrogen-bond acceptors (Lipinski definition) is 5. The number of rotatable bonds is 6. The lowest BCUT2D eigenvalue weighted by Gasteiger charge is -2.40. The minimum absolute atomic E-state index is 0.0374. The maximum Gasteiger partial charge on any atom is 0.427 e. The lowest BCUT2D eigenvalue weighted by atomic mass is 9.76. The fraction of sp³-hybridized carbons (Fsp3) is 0.731. The smallest absolute Gasteiger partial charge is 0.427 e. The molecule has 5 aliphatic rings. The molecule has 2 aliphatic carbocycles. The topological polar surface area (TPSA) is 76.1 Å². The fourth-order valence-electron chi connectivity index (χ4n) is 8.16. The molecule has 0 aromatic heterocycles. The molecule has 0 radical (unpaired) electrons. The summed E-state index contributed by atoms with van der Waals surface area (Å²) in [5.74, 6) is 1.99.